The van der Waals surface area contributed by atoms with E-state index in [9.17, 15) is 4.79 Å². The monoisotopic (exact) mass is 214 g/mol. The lowest BCUT2D eigenvalue weighted by molar-refractivity contribution is -0.134. The van der Waals surface area contributed by atoms with Gasteiger partial charge in [-0.25, -0.2) is 14.8 Å². The van der Waals surface area contributed by atoms with Gasteiger partial charge in [0.25, 0.3) is 5.95 Å². The Morgan fingerprint density at radius 2 is 2.50 bits per heavy atom. The Labute approximate surface area is 85.0 Å². The lowest BCUT2D eigenvalue weighted by Crippen LogP contribution is -2.04. The molecule has 0 bridgehead atoms. The van der Waals surface area contributed by atoms with E-state index in [0.29, 0.717) is 6.61 Å². The van der Waals surface area contributed by atoms with Gasteiger partial charge in [0.1, 0.15) is 12.5 Å². The lowest BCUT2D eigenvalue weighted by Gasteiger charge is -1.93. The van der Waals surface area contributed by atoms with Crippen LogP contribution in [0.15, 0.2) is 11.3 Å². The third-order valence-corrected chi connectivity index (χ3v) is 1.28. The van der Waals surface area contributed by atoms with Crippen molar-refractivity contribution in [1.82, 2.24) is 15.0 Å². The fraction of sp³-hybridized carbons (Fsp3) is 0.286. The quantitative estimate of drug-likeness (QED) is 0.549. The molecule has 0 saturated carbocycles. The van der Waals surface area contributed by atoms with Crippen LogP contribution in [0.2, 0.25) is 5.28 Å². The third kappa shape index (κ3) is 3.44. The molecule has 0 unspecified atom stereocenters. The second-order valence-corrected chi connectivity index (χ2v) is 2.40. The molecule has 1 aromatic heterocycles. The molecule has 1 rings (SSSR count). The predicted molar refractivity (Wildman–Crippen MR) is 49.6 cm³/mol. The highest BCUT2D eigenvalue weighted by molar-refractivity contribution is 6.28. The van der Waals surface area contributed by atoms with Gasteiger partial charge in [0.2, 0.25) is 5.28 Å². The van der Waals surface area contributed by atoms with E-state index in [1.807, 2.05) is 0 Å². The third-order valence-electron chi connectivity index (χ3n) is 1.10. The number of aromatic nitrogens is 3. The van der Waals surface area contributed by atoms with Crippen LogP contribution in [-0.2, 0) is 9.53 Å². The van der Waals surface area contributed by atoms with E-state index in [4.69, 9.17) is 11.6 Å². The fourth-order valence-electron chi connectivity index (χ4n) is 0.621. The van der Waals surface area contributed by atoms with Gasteiger partial charge >= 0.3 is 5.97 Å². The van der Waals surface area contributed by atoms with E-state index in [1.165, 1.54) is 6.33 Å². The maximum atomic E-state index is 10.8. The second kappa shape index (κ2) is 5.23. The Kier molecular flexibility index (Phi) is 3.93. The van der Waals surface area contributed by atoms with Crippen LogP contribution in [0.4, 0.5) is 5.95 Å². The molecular weight excluding hydrogens is 208 g/mol. The van der Waals surface area contributed by atoms with Crippen LogP contribution in [0, 0.1) is 0 Å². The van der Waals surface area contributed by atoms with E-state index >= 15 is 0 Å². The molecule has 0 N–H and O–H groups in total. The van der Waals surface area contributed by atoms with E-state index in [1.54, 1.807) is 6.92 Å². The SMILES string of the molecule is CCOC(=O)/C=N/c1ncnc(Cl)n1. The highest BCUT2D eigenvalue weighted by atomic mass is 35.5. The minimum absolute atomic E-state index is 0.0241. The number of ether oxygens (including phenoxy) is 1. The number of rotatable bonds is 3. The molecule has 74 valence electrons. The molecule has 0 aliphatic heterocycles. The molecule has 6 nitrogen and oxygen atoms in total. The summed E-state index contributed by atoms with van der Waals surface area (Å²) in [6, 6.07) is 0. The summed E-state index contributed by atoms with van der Waals surface area (Å²) in [6.45, 7) is 1.99. The standard InChI is InChI=1S/C7H7ClN4O2/c1-2-14-5(13)3-9-7-11-4-10-6(8)12-7/h3-4H,2H2,1H3/b9-3+. The number of nitrogens with zero attached hydrogens (tertiary/aromatic N) is 4. The summed E-state index contributed by atoms with van der Waals surface area (Å²) >= 11 is 5.47. The number of aliphatic imine (C=N–C) groups is 1. The molecule has 0 spiro atoms. The molecule has 0 aliphatic carbocycles. The van der Waals surface area contributed by atoms with Crippen LogP contribution >= 0.6 is 11.6 Å². The zero-order chi connectivity index (χ0) is 10.4. The molecule has 0 aliphatic rings. The van der Waals surface area contributed by atoms with Crippen molar-refractivity contribution in [2.45, 2.75) is 6.92 Å². The van der Waals surface area contributed by atoms with Crippen molar-refractivity contribution in [2.75, 3.05) is 6.61 Å². The number of carbonyl (C=O) groups excluding carboxylic acids is 1. The fourth-order valence-corrected chi connectivity index (χ4v) is 0.740. The van der Waals surface area contributed by atoms with Gasteiger partial charge in [0.15, 0.2) is 0 Å². The van der Waals surface area contributed by atoms with E-state index in [0.717, 1.165) is 6.21 Å². The summed E-state index contributed by atoms with van der Waals surface area (Å²) < 4.78 is 4.60. The molecule has 14 heavy (non-hydrogen) atoms. The van der Waals surface area contributed by atoms with Gasteiger partial charge in [-0.3, -0.25) is 0 Å². The van der Waals surface area contributed by atoms with Crippen molar-refractivity contribution < 1.29 is 9.53 Å². The molecular formula is C7H7ClN4O2. The molecule has 0 amide bonds. The highest BCUT2D eigenvalue weighted by Crippen LogP contribution is 2.04. The zero-order valence-corrected chi connectivity index (χ0v) is 8.10. The first-order valence-corrected chi connectivity index (χ1v) is 4.15. The summed E-state index contributed by atoms with van der Waals surface area (Å²) in [5, 5.41) is 0.0241. The molecule has 0 atom stereocenters. The van der Waals surface area contributed by atoms with Crippen molar-refractivity contribution >= 4 is 29.7 Å². The van der Waals surface area contributed by atoms with Gasteiger partial charge in [-0.15, -0.1) is 0 Å². The Bertz CT molecular complexity index is 355. The van der Waals surface area contributed by atoms with E-state index in [2.05, 4.69) is 24.7 Å². The Morgan fingerprint density at radius 1 is 1.71 bits per heavy atom. The van der Waals surface area contributed by atoms with Gasteiger partial charge in [-0.05, 0) is 18.5 Å². The molecule has 0 aromatic carbocycles. The molecule has 1 heterocycles. The van der Waals surface area contributed by atoms with Crippen LogP contribution in [0.3, 0.4) is 0 Å². The summed E-state index contributed by atoms with van der Waals surface area (Å²) in [4.78, 5) is 25.3. The average molecular weight is 215 g/mol. The van der Waals surface area contributed by atoms with Crippen LogP contribution in [-0.4, -0.2) is 33.7 Å². The van der Waals surface area contributed by atoms with Gasteiger partial charge in [0.05, 0.1) is 6.61 Å². The minimum Gasteiger partial charge on any atom is -0.462 e. The van der Waals surface area contributed by atoms with E-state index < -0.39 is 5.97 Å². The first kappa shape index (κ1) is 10.5. The van der Waals surface area contributed by atoms with Crippen molar-refractivity contribution in [3.8, 4) is 0 Å². The summed E-state index contributed by atoms with van der Waals surface area (Å²) in [5.41, 5.74) is 0. The number of esters is 1. The van der Waals surface area contributed by atoms with Gasteiger partial charge < -0.3 is 4.74 Å². The zero-order valence-electron chi connectivity index (χ0n) is 7.35. The maximum absolute atomic E-state index is 10.8. The van der Waals surface area contributed by atoms with Crippen LogP contribution in [0.5, 0.6) is 0 Å². The lowest BCUT2D eigenvalue weighted by atomic mass is 10.7. The van der Waals surface area contributed by atoms with Gasteiger partial charge in [-0.2, -0.15) is 9.97 Å². The maximum Gasteiger partial charge on any atom is 0.349 e. The number of hydrogen-bond donors (Lipinski definition) is 0. The molecule has 0 fully saturated rings. The van der Waals surface area contributed by atoms with Crippen molar-refractivity contribution in [1.29, 1.82) is 0 Å². The molecule has 1 aromatic rings. The van der Waals surface area contributed by atoms with Crippen LogP contribution < -0.4 is 0 Å². The first-order valence-electron chi connectivity index (χ1n) is 3.77. The molecule has 0 saturated heterocycles. The Hall–Kier alpha value is -1.56. The second-order valence-electron chi connectivity index (χ2n) is 2.06. The predicted octanol–water partition coefficient (Wildman–Crippen LogP) is 0.790. The summed E-state index contributed by atoms with van der Waals surface area (Å²) in [5.74, 6) is -0.484. The van der Waals surface area contributed by atoms with Crippen molar-refractivity contribution in [3.05, 3.63) is 11.6 Å². The molecule has 0 radical (unpaired) electrons. The van der Waals surface area contributed by atoms with Gasteiger partial charge in [-0.1, -0.05) is 0 Å². The van der Waals surface area contributed by atoms with Crippen molar-refractivity contribution in [3.63, 3.8) is 0 Å². The molecule has 7 heteroatoms. The number of hydrogen-bond acceptors (Lipinski definition) is 6. The normalized spacial score (nSPS) is 10.4. The average Bonchev–Trinajstić information content (AvgIpc) is 2.15. The van der Waals surface area contributed by atoms with Crippen LogP contribution in [0.1, 0.15) is 6.92 Å². The van der Waals surface area contributed by atoms with Crippen LogP contribution in [0.25, 0.3) is 0 Å². The largest absolute Gasteiger partial charge is 0.462 e. The number of carbonyl (C=O) groups is 1. The van der Waals surface area contributed by atoms with Gasteiger partial charge in [0, 0.05) is 0 Å². The summed E-state index contributed by atoms with van der Waals surface area (Å²) in [7, 11) is 0. The van der Waals surface area contributed by atoms with Crippen molar-refractivity contribution in [2.24, 2.45) is 4.99 Å². The minimum atomic E-state index is -0.552. The van der Waals surface area contributed by atoms with E-state index in [-0.39, 0.29) is 11.2 Å². The highest BCUT2D eigenvalue weighted by Gasteiger charge is 1.97. The Balaban J connectivity index is 2.64. The smallest absolute Gasteiger partial charge is 0.349 e. The first-order chi connectivity index (χ1) is 6.72. The summed E-state index contributed by atoms with van der Waals surface area (Å²) in [6.07, 6.45) is 2.18. The Morgan fingerprint density at radius 3 is 3.14 bits per heavy atom. The number of halogens is 1. The topological polar surface area (TPSA) is 77.3 Å².